The van der Waals surface area contributed by atoms with E-state index in [2.05, 4.69) is 20.4 Å². The van der Waals surface area contributed by atoms with Crippen LogP contribution >= 0.6 is 11.6 Å². The second-order valence-corrected chi connectivity index (χ2v) is 6.47. The topological polar surface area (TPSA) is 55.6 Å². The van der Waals surface area contributed by atoms with Crippen LogP contribution < -0.4 is 5.32 Å². The fraction of sp³-hybridized carbons (Fsp3) is 0.353. The SMILES string of the molecule is Cc1nn(C2CCC2)c2nc(Cl)nc(NCc3ccc(F)cc3)c12. The Balaban J connectivity index is 1.69. The van der Waals surface area contributed by atoms with Gasteiger partial charge in [0.2, 0.25) is 5.28 Å². The molecule has 1 fully saturated rings. The van der Waals surface area contributed by atoms with E-state index in [1.165, 1.54) is 18.6 Å². The monoisotopic (exact) mass is 345 g/mol. The highest BCUT2D eigenvalue weighted by atomic mass is 35.5. The van der Waals surface area contributed by atoms with Crippen molar-refractivity contribution in [3.63, 3.8) is 0 Å². The van der Waals surface area contributed by atoms with Crippen LogP contribution in [0.2, 0.25) is 5.28 Å². The quantitative estimate of drug-likeness (QED) is 0.718. The molecule has 1 aliphatic rings. The summed E-state index contributed by atoms with van der Waals surface area (Å²) in [5.74, 6) is 0.418. The molecule has 4 rings (SSSR count). The molecule has 0 amide bonds. The molecule has 1 aliphatic carbocycles. The molecule has 3 aromatic rings. The Labute approximate surface area is 143 Å². The first-order valence-corrected chi connectivity index (χ1v) is 8.40. The summed E-state index contributed by atoms with van der Waals surface area (Å²) < 4.78 is 15.0. The zero-order valence-electron chi connectivity index (χ0n) is 13.3. The molecule has 0 unspecified atom stereocenters. The van der Waals surface area contributed by atoms with E-state index in [-0.39, 0.29) is 11.1 Å². The number of anilines is 1. The van der Waals surface area contributed by atoms with Gasteiger partial charge in [0.25, 0.3) is 0 Å². The number of hydrogen-bond acceptors (Lipinski definition) is 4. The third-order valence-corrected chi connectivity index (χ3v) is 4.66. The van der Waals surface area contributed by atoms with Crippen LogP contribution in [-0.4, -0.2) is 19.7 Å². The van der Waals surface area contributed by atoms with Crippen LogP contribution in [0, 0.1) is 12.7 Å². The lowest BCUT2D eigenvalue weighted by atomic mass is 9.93. The third kappa shape index (κ3) is 2.71. The molecule has 124 valence electrons. The van der Waals surface area contributed by atoms with Crippen molar-refractivity contribution in [1.82, 2.24) is 19.7 Å². The fourth-order valence-electron chi connectivity index (χ4n) is 2.98. The molecule has 1 aromatic carbocycles. The Morgan fingerprint density at radius 1 is 1.25 bits per heavy atom. The van der Waals surface area contributed by atoms with Gasteiger partial charge in [-0.05, 0) is 55.5 Å². The second-order valence-electron chi connectivity index (χ2n) is 6.13. The number of fused-ring (bicyclic) bond motifs is 1. The summed E-state index contributed by atoms with van der Waals surface area (Å²) in [6.45, 7) is 2.48. The van der Waals surface area contributed by atoms with Crippen molar-refractivity contribution in [2.75, 3.05) is 5.32 Å². The molecule has 0 spiro atoms. The summed E-state index contributed by atoms with van der Waals surface area (Å²) in [5, 5.41) is 9.02. The minimum absolute atomic E-state index is 0.199. The Bertz CT molecular complexity index is 886. The van der Waals surface area contributed by atoms with Crippen molar-refractivity contribution in [2.45, 2.75) is 38.8 Å². The smallest absolute Gasteiger partial charge is 0.226 e. The molecule has 0 saturated heterocycles. The molecule has 0 radical (unpaired) electrons. The number of halogens is 2. The van der Waals surface area contributed by atoms with Gasteiger partial charge in [0, 0.05) is 6.54 Å². The van der Waals surface area contributed by atoms with E-state index in [4.69, 9.17) is 11.6 Å². The fourth-order valence-corrected chi connectivity index (χ4v) is 3.15. The van der Waals surface area contributed by atoms with Crippen LogP contribution in [0.1, 0.15) is 36.6 Å². The Kier molecular flexibility index (Phi) is 3.84. The van der Waals surface area contributed by atoms with Gasteiger partial charge in [-0.25, -0.2) is 9.07 Å². The van der Waals surface area contributed by atoms with E-state index in [1.807, 2.05) is 11.6 Å². The first-order valence-electron chi connectivity index (χ1n) is 8.02. The Hall–Kier alpha value is -2.21. The van der Waals surface area contributed by atoms with Crippen LogP contribution in [0.15, 0.2) is 24.3 Å². The predicted molar refractivity (Wildman–Crippen MR) is 91.7 cm³/mol. The number of hydrogen-bond donors (Lipinski definition) is 1. The lowest BCUT2D eigenvalue weighted by Crippen LogP contribution is -2.18. The summed E-state index contributed by atoms with van der Waals surface area (Å²) in [6.07, 6.45) is 3.46. The molecular weight excluding hydrogens is 329 g/mol. The van der Waals surface area contributed by atoms with Gasteiger partial charge in [-0.1, -0.05) is 12.1 Å². The van der Waals surface area contributed by atoms with Gasteiger partial charge in [-0.2, -0.15) is 15.1 Å². The van der Waals surface area contributed by atoms with E-state index < -0.39 is 0 Å². The molecule has 2 aromatic heterocycles. The maximum Gasteiger partial charge on any atom is 0.226 e. The zero-order valence-corrected chi connectivity index (χ0v) is 14.0. The predicted octanol–water partition coefficient (Wildman–Crippen LogP) is 4.26. The summed E-state index contributed by atoms with van der Waals surface area (Å²) >= 11 is 6.12. The molecule has 0 atom stereocenters. The number of aryl methyl sites for hydroxylation is 1. The molecule has 1 saturated carbocycles. The average molecular weight is 346 g/mol. The van der Waals surface area contributed by atoms with E-state index in [0.29, 0.717) is 18.4 Å². The summed E-state index contributed by atoms with van der Waals surface area (Å²) in [4.78, 5) is 8.72. The number of aromatic nitrogens is 4. The number of nitrogens with one attached hydrogen (secondary N) is 1. The summed E-state index contributed by atoms with van der Waals surface area (Å²) in [7, 11) is 0. The largest absolute Gasteiger partial charge is 0.365 e. The molecule has 0 aliphatic heterocycles. The van der Waals surface area contributed by atoms with Gasteiger partial charge in [0.05, 0.1) is 17.1 Å². The van der Waals surface area contributed by atoms with E-state index >= 15 is 0 Å². The van der Waals surface area contributed by atoms with Crippen LogP contribution in [0.3, 0.4) is 0 Å². The van der Waals surface area contributed by atoms with Gasteiger partial charge in [0.1, 0.15) is 11.6 Å². The van der Waals surface area contributed by atoms with E-state index in [0.717, 1.165) is 35.1 Å². The van der Waals surface area contributed by atoms with Crippen LogP contribution in [0.25, 0.3) is 11.0 Å². The van der Waals surface area contributed by atoms with Crippen molar-refractivity contribution < 1.29 is 4.39 Å². The van der Waals surface area contributed by atoms with Crippen molar-refractivity contribution >= 4 is 28.5 Å². The van der Waals surface area contributed by atoms with E-state index in [1.54, 1.807) is 12.1 Å². The maximum absolute atomic E-state index is 13.0. The summed E-state index contributed by atoms with van der Waals surface area (Å²) in [5.41, 5.74) is 2.62. The van der Waals surface area contributed by atoms with Crippen LogP contribution in [0.5, 0.6) is 0 Å². The zero-order chi connectivity index (χ0) is 16.7. The average Bonchev–Trinajstić information content (AvgIpc) is 2.81. The first-order chi connectivity index (χ1) is 11.6. The minimum Gasteiger partial charge on any atom is -0.365 e. The molecule has 5 nitrogen and oxygen atoms in total. The lowest BCUT2D eigenvalue weighted by molar-refractivity contribution is 0.295. The molecule has 2 heterocycles. The third-order valence-electron chi connectivity index (χ3n) is 4.49. The van der Waals surface area contributed by atoms with Gasteiger partial charge in [-0.3, -0.25) is 0 Å². The van der Waals surface area contributed by atoms with Gasteiger partial charge in [0.15, 0.2) is 5.65 Å². The highest BCUT2D eigenvalue weighted by molar-refractivity contribution is 6.28. The van der Waals surface area contributed by atoms with Crippen molar-refractivity contribution in [3.05, 3.63) is 46.6 Å². The highest BCUT2D eigenvalue weighted by Crippen LogP contribution is 2.35. The first kappa shape index (κ1) is 15.3. The molecule has 0 bridgehead atoms. The Morgan fingerprint density at radius 3 is 2.67 bits per heavy atom. The van der Waals surface area contributed by atoms with Crippen molar-refractivity contribution in [1.29, 1.82) is 0 Å². The lowest BCUT2D eigenvalue weighted by Gasteiger charge is -2.25. The van der Waals surface area contributed by atoms with Crippen molar-refractivity contribution in [2.24, 2.45) is 0 Å². The second kappa shape index (κ2) is 6.02. The minimum atomic E-state index is -0.246. The Morgan fingerprint density at radius 2 is 2.00 bits per heavy atom. The molecule has 7 heteroatoms. The number of benzene rings is 1. The normalized spacial score (nSPS) is 14.8. The molecule has 1 N–H and O–H groups in total. The van der Waals surface area contributed by atoms with E-state index in [9.17, 15) is 4.39 Å². The molecular formula is C17H17ClFN5. The highest BCUT2D eigenvalue weighted by Gasteiger charge is 2.25. The summed E-state index contributed by atoms with van der Waals surface area (Å²) in [6, 6.07) is 6.77. The van der Waals surface area contributed by atoms with Gasteiger partial charge < -0.3 is 5.32 Å². The molecule has 24 heavy (non-hydrogen) atoms. The van der Waals surface area contributed by atoms with Crippen LogP contribution in [-0.2, 0) is 6.54 Å². The van der Waals surface area contributed by atoms with Gasteiger partial charge >= 0.3 is 0 Å². The standard InChI is InChI=1S/C17H17ClFN5/c1-10-14-15(20-9-11-5-7-12(19)8-6-11)21-17(18)22-16(14)24(23-10)13-3-2-4-13/h5-8,13H,2-4,9H2,1H3,(H,20,21,22). The maximum atomic E-state index is 13.0. The number of nitrogens with zero attached hydrogens (tertiary/aromatic N) is 4. The number of rotatable bonds is 4. The van der Waals surface area contributed by atoms with Gasteiger partial charge in [-0.15, -0.1) is 0 Å². The van der Waals surface area contributed by atoms with Crippen molar-refractivity contribution in [3.8, 4) is 0 Å². The van der Waals surface area contributed by atoms with Crippen LogP contribution in [0.4, 0.5) is 10.2 Å².